The monoisotopic (exact) mass is 561 g/mol. The minimum atomic E-state index is 0.654. The molecule has 0 radical (unpaired) electrons. The van der Waals surface area contributed by atoms with Crippen molar-refractivity contribution in [2.75, 3.05) is 0 Å². The second-order valence-electron chi connectivity index (χ2n) is 10.9. The van der Waals surface area contributed by atoms with Crippen LogP contribution in [-0.2, 0) is 0 Å². The van der Waals surface area contributed by atoms with Crippen molar-refractivity contribution in [1.29, 1.82) is 0 Å². The van der Waals surface area contributed by atoms with Crippen molar-refractivity contribution in [3.63, 3.8) is 0 Å². The summed E-state index contributed by atoms with van der Waals surface area (Å²) in [6.45, 7) is 0. The molecule has 0 atom stereocenters. The zero-order valence-electron chi connectivity index (χ0n) is 23.5. The Labute approximate surface area is 252 Å². The average molecular weight is 562 g/mol. The zero-order chi connectivity index (χ0) is 29.0. The van der Waals surface area contributed by atoms with Crippen molar-refractivity contribution in [2.45, 2.75) is 0 Å². The first kappa shape index (κ1) is 24.5. The van der Waals surface area contributed by atoms with Gasteiger partial charge in [0.2, 0.25) is 0 Å². The summed E-state index contributed by atoms with van der Waals surface area (Å²) >= 11 is 0. The van der Waals surface area contributed by atoms with Crippen LogP contribution in [0.4, 0.5) is 0 Å². The van der Waals surface area contributed by atoms with Crippen LogP contribution in [-0.4, -0.2) is 24.9 Å². The van der Waals surface area contributed by atoms with Gasteiger partial charge in [0.05, 0.1) is 0 Å². The summed E-state index contributed by atoms with van der Waals surface area (Å²) in [6.07, 6.45) is 7.01. The third-order valence-electron chi connectivity index (χ3n) is 8.60. The molecule has 5 heteroatoms. The Hall–Kier alpha value is -6.07. The summed E-state index contributed by atoms with van der Waals surface area (Å²) < 4.78 is 0. The van der Waals surface area contributed by atoms with E-state index in [-0.39, 0.29) is 0 Å². The van der Waals surface area contributed by atoms with Gasteiger partial charge in [-0.2, -0.15) is 0 Å². The molecule has 0 saturated carbocycles. The largest absolute Gasteiger partial charge is 0.236 e. The molecular weight excluding hydrogens is 538 g/mol. The SMILES string of the molecule is c1ccc2c(c1)ccc1c3ccccc3c(-c3ncc(-c4c5ccccc5c(-c5ncncn5)c5ccccc45)cn3)cc21. The Kier molecular flexibility index (Phi) is 5.43. The summed E-state index contributed by atoms with van der Waals surface area (Å²) in [7, 11) is 0. The number of aromatic nitrogens is 5. The lowest BCUT2D eigenvalue weighted by atomic mass is 9.89. The molecule has 204 valence electrons. The molecule has 5 nitrogen and oxygen atoms in total. The first-order valence-corrected chi connectivity index (χ1v) is 14.6. The van der Waals surface area contributed by atoms with Crippen LogP contribution in [0, 0.1) is 0 Å². The van der Waals surface area contributed by atoms with Crippen molar-refractivity contribution in [3.8, 4) is 33.9 Å². The van der Waals surface area contributed by atoms with Gasteiger partial charge in [-0.3, -0.25) is 0 Å². The molecule has 0 aliphatic carbocycles. The molecule has 0 aliphatic rings. The number of nitrogens with zero attached hydrogens (tertiary/aromatic N) is 5. The minimum Gasteiger partial charge on any atom is -0.236 e. The van der Waals surface area contributed by atoms with Crippen molar-refractivity contribution in [3.05, 3.63) is 140 Å². The van der Waals surface area contributed by atoms with Crippen LogP contribution in [0.3, 0.4) is 0 Å². The Bertz CT molecular complexity index is 2480. The maximum atomic E-state index is 5.01. The van der Waals surface area contributed by atoms with Gasteiger partial charge >= 0.3 is 0 Å². The van der Waals surface area contributed by atoms with Crippen LogP contribution in [0.2, 0.25) is 0 Å². The highest BCUT2D eigenvalue weighted by atomic mass is 15.0. The normalized spacial score (nSPS) is 11.6. The predicted octanol–water partition coefficient (Wildman–Crippen LogP) is 9.43. The lowest BCUT2D eigenvalue weighted by Gasteiger charge is -2.16. The van der Waals surface area contributed by atoms with Crippen LogP contribution in [0.25, 0.3) is 87.8 Å². The topological polar surface area (TPSA) is 64.5 Å². The van der Waals surface area contributed by atoms with Gasteiger partial charge in [0, 0.05) is 34.6 Å². The van der Waals surface area contributed by atoms with Gasteiger partial charge in [-0.1, -0.05) is 109 Å². The highest BCUT2D eigenvalue weighted by Crippen LogP contribution is 2.43. The van der Waals surface area contributed by atoms with Crippen molar-refractivity contribution in [1.82, 2.24) is 24.9 Å². The number of hydrogen-bond donors (Lipinski definition) is 0. The lowest BCUT2D eigenvalue weighted by molar-refractivity contribution is 1.06. The van der Waals surface area contributed by atoms with E-state index in [1.54, 1.807) is 12.7 Å². The van der Waals surface area contributed by atoms with E-state index in [0.717, 1.165) is 49.2 Å². The Balaban J connectivity index is 1.28. The van der Waals surface area contributed by atoms with E-state index in [0.29, 0.717) is 11.6 Å². The molecule has 0 amide bonds. The highest BCUT2D eigenvalue weighted by molar-refractivity contribution is 6.22. The van der Waals surface area contributed by atoms with Gasteiger partial charge in [0.25, 0.3) is 0 Å². The third kappa shape index (κ3) is 3.69. The second-order valence-corrected chi connectivity index (χ2v) is 10.9. The molecule has 0 bridgehead atoms. The lowest BCUT2D eigenvalue weighted by Crippen LogP contribution is -1.96. The molecule has 2 heterocycles. The van der Waals surface area contributed by atoms with Crippen molar-refractivity contribution >= 4 is 53.9 Å². The Morgan fingerprint density at radius 1 is 0.364 bits per heavy atom. The third-order valence-corrected chi connectivity index (χ3v) is 8.60. The van der Waals surface area contributed by atoms with Gasteiger partial charge in [0.1, 0.15) is 12.7 Å². The first-order chi connectivity index (χ1) is 21.8. The maximum absolute atomic E-state index is 5.01. The fourth-order valence-corrected chi connectivity index (χ4v) is 6.69. The molecule has 9 rings (SSSR count). The Morgan fingerprint density at radius 3 is 1.55 bits per heavy atom. The maximum Gasteiger partial charge on any atom is 0.163 e. The van der Waals surface area contributed by atoms with E-state index in [1.165, 1.54) is 26.9 Å². The van der Waals surface area contributed by atoms with Gasteiger partial charge in [0.15, 0.2) is 11.6 Å². The van der Waals surface area contributed by atoms with E-state index in [4.69, 9.17) is 9.97 Å². The van der Waals surface area contributed by atoms with E-state index in [9.17, 15) is 0 Å². The summed E-state index contributed by atoms with van der Waals surface area (Å²) in [6, 6.07) is 40.6. The average Bonchev–Trinajstić information content (AvgIpc) is 3.10. The Morgan fingerprint density at radius 2 is 0.886 bits per heavy atom. The van der Waals surface area contributed by atoms with Crippen molar-refractivity contribution < 1.29 is 0 Å². The number of benzene rings is 7. The molecule has 0 fully saturated rings. The van der Waals surface area contributed by atoms with Crippen LogP contribution in [0.15, 0.2) is 140 Å². The fraction of sp³-hybridized carbons (Fsp3) is 0. The summed E-state index contributed by atoms with van der Waals surface area (Å²) in [5.41, 5.74) is 4.07. The highest BCUT2D eigenvalue weighted by Gasteiger charge is 2.19. The number of rotatable bonds is 3. The van der Waals surface area contributed by atoms with Crippen LogP contribution in [0.1, 0.15) is 0 Å². The minimum absolute atomic E-state index is 0.654. The number of fused-ring (bicyclic) bond motifs is 7. The first-order valence-electron chi connectivity index (χ1n) is 14.6. The zero-order valence-corrected chi connectivity index (χ0v) is 23.5. The van der Waals surface area contributed by atoms with E-state index in [2.05, 4.69) is 130 Å². The quantitative estimate of drug-likeness (QED) is 0.159. The predicted molar refractivity (Wildman–Crippen MR) is 179 cm³/mol. The molecule has 0 spiro atoms. The molecule has 44 heavy (non-hydrogen) atoms. The second kappa shape index (κ2) is 9.75. The van der Waals surface area contributed by atoms with E-state index in [1.807, 2.05) is 12.4 Å². The van der Waals surface area contributed by atoms with E-state index < -0.39 is 0 Å². The van der Waals surface area contributed by atoms with Crippen LogP contribution >= 0.6 is 0 Å². The van der Waals surface area contributed by atoms with Crippen molar-refractivity contribution in [2.24, 2.45) is 0 Å². The van der Waals surface area contributed by atoms with Gasteiger partial charge in [-0.25, -0.2) is 24.9 Å². The van der Waals surface area contributed by atoms with Gasteiger partial charge in [-0.15, -0.1) is 0 Å². The van der Waals surface area contributed by atoms with Gasteiger partial charge in [-0.05, 0) is 59.9 Å². The van der Waals surface area contributed by atoms with Gasteiger partial charge < -0.3 is 0 Å². The molecule has 2 aromatic heterocycles. The molecule has 0 saturated heterocycles. The molecular formula is C39H23N5. The summed E-state index contributed by atoms with van der Waals surface area (Å²) in [5.74, 6) is 1.36. The van der Waals surface area contributed by atoms with Crippen LogP contribution < -0.4 is 0 Å². The van der Waals surface area contributed by atoms with E-state index >= 15 is 0 Å². The smallest absolute Gasteiger partial charge is 0.163 e. The fourth-order valence-electron chi connectivity index (χ4n) is 6.69. The van der Waals surface area contributed by atoms with Crippen LogP contribution in [0.5, 0.6) is 0 Å². The summed E-state index contributed by atoms with van der Waals surface area (Å²) in [5, 5.41) is 11.6. The molecule has 0 unspecified atom stereocenters. The molecule has 7 aromatic carbocycles. The molecule has 0 aliphatic heterocycles. The summed E-state index contributed by atoms with van der Waals surface area (Å²) in [4.78, 5) is 23.1. The standard InChI is InChI=1S/C39H23N5/c1-2-10-26-24(9-1)17-18-29-27-11-3-4-12-28(27)35(19-34(26)29)38-41-20-25(21-42-38)36-30-13-5-7-15-32(30)37(39-43-22-40-23-44-39)33-16-8-6-14-31(33)36/h1-23H. The number of hydrogen-bond acceptors (Lipinski definition) is 5. The molecule has 9 aromatic rings. The molecule has 0 N–H and O–H groups in total.